The standard InChI is InChI=1S/C15H30O2/c1-14(16)17-13-11-9-7-5-6-8-10-12-15(2,3)4/h5-13H2,1-4H3. The molecule has 0 saturated heterocycles. The normalized spacial score (nSPS) is 11.5. The quantitative estimate of drug-likeness (QED) is 0.432. The molecule has 0 aliphatic heterocycles. The van der Waals surface area contributed by atoms with Crippen molar-refractivity contribution in [3.63, 3.8) is 0 Å². The smallest absolute Gasteiger partial charge is 0.302 e. The van der Waals surface area contributed by atoms with Gasteiger partial charge in [0.25, 0.3) is 0 Å². The number of carbonyl (C=O) groups excluding carboxylic acids is 1. The Balaban J connectivity index is 3.06. The first-order chi connectivity index (χ1) is 7.92. The summed E-state index contributed by atoms with van der Waals surface area (Å²) < 4.78 is 4.89. The highest BCUT2D eigenvalue weighted by Crippen LogP contribution is 2.22. The molecule has 0 fully saturated rings. The number of hydrogen-bond acceptors (Lipinski definition) is 2. The lowest BCUT2D eigenvalue weighted by atomic mass is 9.89. The van der Waals surface area contributed by atoms with Crippen molar-refractivity contribution in [1.82, 2.24) is 0 Å². The van der Waals surface area contributed by atoms with Crippen LogP contribution in [0.5, 0.6) is 0 Å². The Kier molecular flexibility index (Phi) is 9.20. The van der Waals surface area contributed by atoms with Gasteiger partial charge in [-0.25, -0.2) is 0 Å². The van der Waals surface area contributed by atoms with Crippen molar-refractivity contribution in [2.24, 2.45) is 5.41 Å². The molecule has 0 aliphatic rings. The van der Waals surface area contributed by atoms with Gasteiger partial charge in [0.2, 0.25) is 0 Å². The fraction of sp³-hybridized carbons (Fsp3) is 0.933. The van der Waals surface area contributed by atoms with Crippen LogP contribution in [0.1, 0.15) is 79.1 Å². The van der Waals surface area contributed by atoms with Crippen molar-refractivity contribution in [2.75, 3.05) is 6.61 Å². The van der Waals surface area contributed by atoms with E-state index in [-0.39, 0.29) is 5.97 Å². The minimum absolute atomic E-state index is 0.160. The zero-order chi connectivity index (χ0) is 13.1. The average molecular weight is 242 g/mol. The highest BCUT2D eigenvalue weighted by atomic mass is 16.5. The Hall–Kier alpha value is -0.530. The molecule has 0 rings (SSSR count). The number of rotatable bonds is 9. The summed E-state index contributed by atoms with van der Waals surface area (Å²) in [6, 6.07) is 0. The second-order valence-corrected chi connectivity index (χ2v) is 6.13. The zero-order valence-corrected chi connectivity index (χ0v) is 12.2. The number of carbonyl (C=O) groups is 1. The second-order valence-electron chi connectivity index (χ2n) is 6.13. The third-order valence-electron chi connectivity index (χ3n) is 2.88. The predicted molar refractivity (Wildman–Crippen MR) is 73.0 cm³/mol. The van der Waals surface area contributed by atoms with Gasteiger partial charge in [0.05, 0.1) is 6.61 Å². The minimum Gasteiger partial charge on any atom is -0.466 e. The van der Waals surface area contributed by atoms with Crippen LogP contribution in [0.25, 0.3) is 0 Å². The van der Waals surface area contributed by atoms with Crippen LogP contribution < -0.4 is 0 Å². The first-order valence-electron chi connectivity index (χ1n) is 7.05. The van der Waals surface area contributed by atoms with E-state index in [0.29, 0.717) is 12.0 Å². The van der Waals surface area contributed by atoms with Crippen molar-refractivity contribution < 1.29 is 9.53 Å². The van der Waals surface area contributed by atoms with Gasteiger partial charge in [-0.05, 0) is 18.3 Å². The number of ether oxygens (including phenoxy) is 1. The molecule has 0 atom stereocenters. The minimum atomic E-state index is -0.160. The van der Waals surface area contributed by atoms with Crippen molar-refractivity contribution in [3.8, 4) is 0 Å². The number of esters is 1. The summed E-state index contributed by atoms with van der Waals surface area (Å²) in [7, 11) is 0. The molecule has 0 aromatic rings. The second kappa shape index (κ2) is 9.49. The highest BCUT2D eigenvalue weighted by molar-refractivity contribution is 5.65. The lowest BCUT2D eigenvalue weighted by Crippen LogP contribution is -2.03. The van der Waals surface area contributed by atoms with E-state index in [0.717, 1.165) is 6.42 Å². The first-order valence-corrected chi connectivity index (χ1v) is 7.05. The number of hydrogen-bond donors (Lipinski definition) is 0. The van der Waals surface area contributed by atoms with Crippen molar-refractivity contribution in [3.05, 3.63) is 0 Å². The van der Waals surface area contributed by atoms with Gasteiger partial charge < -0.3 is 4.74 Å². The molecule has 17 heavy (non-hydrogen) atoms. The van der Waals surface area contributed by atoms with Crippen LogP contribution in [0.3, 0.4) is 0 Å². The van der Waals surface area contributed by atoms with Crippen LogP contribution in [-0.4, -0.2) is 12.6 Å². The fourth-order valence-electron chi connectivity index (χ4n) is 1.86. The van der Waals surface area contributed by atoms with E-state index in [2.05, 4.69) is 20.8 Å². The third-order valence-corrected chi connectivity index (χ3v) is 2.88. The summed E-state index contributed by atoms with van der Waals surface area (Å²) in [4.78, 5) is 10.5. The summed E-state index contributed by atoms with van der Waals surface area (Å²) in [5.74, 6) is -0.160. The predicted octanol–water partition coefficient (Wildman–Crippen LogP) is 4.72. The topological polar surface area (TPSA) is 26.3 Å². The zero-order valence-electron chi connectivity index (χ0n) is 12.2. The lowest BCUT2D eigenvalue weighted by molar-refractivity contribution is -0.141. The maximum absolute atomic E-state index is 10.5. The average Bonchev–Trinajstić information content (AvgIpc) is 2.18. The SMILES string of the molecule is CC(=O)OCCCCCCCCCC(C)(C)C. The van der Waals surface area contributed by atoms with Crippen LogP contribution in [0, 0.1) is 5.41 Å². The summed E-state index contributed by atoms with van der Waals surface area (Å²) in [5.41, 5.74) is 0.490. The van der Waals surface area contributed by atoms with Crippen LogP contribution in [0.4, 0.5) is 0 Å². The van der Waals surface area contributed by atoms with Gasteiger partial charge in [0, 0.05) is 6.92 Å². The molecule has 0 aliphatic carbocycles. The van der Waals surface area contributed by atoms with E-state index in [4.69, 9.17) is 4.74 Å². The Bertz CT molecular complexity index is 192. The molecule has 0 heterocycles. The van der Waals surface area contributed by atoms with E-state index in [1.807, 2.05) is 0 Å². The molecule has 0 bridgehead atoms. The third kappa shape index (κ3) is 15.5. The molecule has 0 radical (unpaired) electrons. The van der Waals surface area contributed by atoms with Crippen molar-refractivity contribution >= 4 is 5.97 Å². The molecule has 0 unspecified atom stereocenters. The summed E-state index contributed by atoms with van der Waals surface area (Å²) in [6.45, 7) is 8.99. The Morgan fingerprint density at radius 2 is 1.35 bits per heavy atom. The number of unbranched alkanes of at least 4 members (excludes halogenated alkanes) is 6. The maximum Gasteiger partial charge on any atom is 0.302 e. The molecule has 0 spiro atoms. The van der Waals surface area contributed by atoms with Crippen molar-refractivity contribution in [2.45, 2.75) is 79.1 Å². The molecule has 2 nitrogen and oxygen atoms in total. The van der Waals surface area contributed by atoms with Gasteiger partial charge in [-0.2, -0.15) is 0 Å². The maximum atomic E-state index is 10.5. The Labute approximate surface area is 107 Å². The van der Waals surface area contributed by atoms with Gasteiger partial charge in [-0.3, -0.25) is 4.79 Å². The lowest BCUT2D eigenvalue weighted by Gasteiger charge is -2.17. The van der Waals surface area contributed by atoms with E-state index < -0.39 is 0 Å². The van der Waals surface area contributed by atoms with Gasteiger partial charge >= 0.3 is 5.97 Å². The Morgan fingerprint density at radius 3 is 1.82 bits per heavy atom. The molecule has 0 N–H and O–H groups in total. The molecular weight excluding hydrogens is 212 g/mol. The first kappa shape index (κ1) is 16.5. The van der Waals surface area contributed by atoms with Crippen LogP contribution in [0.15, 0.2) is 0 Å². The molecule has 0 aromatic carbocycles. The van der Waals surface area contributed by atoms with Gasteiger partial charge in [0.15, 0.2) is 0 Å². The Morgan fingerprint density at radius 1 is 0.882 bits per heavy atom. The van der Waals surface area contributed by atoms with Crippen LogP contribution in [0.2, 0.25) is 0 Å². The summed E-state index contributed by atoms with van der Waals surface area (Å²) in [5, 5.41) is 0. The van der Waals surface area contributed by atoms with E-state index in [1.165, 1.54) is 51.9 Å². The van der Waals surface area contributed by atoms with E-state index in [1.54, 1.807) is 0 Å². The van der Waals surface area contributed by atoms with Gasteiger partial charge in [-0.1, -0.05) is 59.3 Å². The monoisotopic (exact) mass is 242 g/mol. The van der Waals surface area contributed by atoms with E-state index >= 15 is 0 Å². The molecule has 0 saturated carbocycles. The van der Waals surface area contributed by atoms with Crippen LogP contribution in [-0.2, 0) is 9.53 Å². The van der Waals surface area contributed by atoms with Gasteiger partial charge in [0.1, 0.15) is 0 Å². The molecule has 0 aromatic heterocycles. The fourth-order valence-corrected chi connectivity index (χ4v) is 1.86. The molecular formula is C15H30O2. The highest BCUT2D eigenvalue weighted by Gasteiger charge is 2.08. The molecule has 2 heteroatoms. The largest absolute Gasteiger partial charge is 0.466 e. The van der Waals surface area contributed by atoms with Crippen molar-refractivity contribution in [1.29, 1.82) is 0 Å². The van der Waals surface area contributed by atoms with Crippen LogP contribution >= 0.6 is 0 Å². The summed E-state index contributed by atoms with van der Waals surface area (Å²) >= 11 is 0. The molecule has 0 amide bonds. The van der Waals surface area contributed by atoms with Gasteiger partial charge in [-0.15, -0.1) is 0 Å². The van der Waals surface area contributed by atoms with E-state index in [9.17, 15) is 4.79 Å². The molecule has 102 valence electrons. The summed E-state index contributed by atoms with van der Waals surface area (Å²) in [6.07, 6.45) is 10.2.